The summed E-state index contributed by atoms with van der Waals surface area (Å²) in [5.41, 5.74) is 7.78. The minimum atomic E-state index is -0.891. The molecule has 0 saturated heterocycles. The van der Waals surface area contributed by atoms with Crippen LogP contribution in [0.25, 0.3) is 11.1 Å². The van der Waals surface area contributed by atoms with Crippen LogP contribution in [-0.2, 0) is 7.05 Å². The number of ether oxygens (including phenoxy) is 2. The Morgan fingerprint density at radius 2 is 2.10 bits per heavy atom. The normalized spacial score (nSPS) is 17.8. The smallest absolute Gasteiger partial charge is 0.242 e. The third-order valence-corrected chi connectivity index (χ3v) is 5.23. The van der Waals surface area contributed by atoms with E-state index in [1.807, 2.05) is 0 Å². The van der Waals surface area contributed by atoms with Gasteiger partial charge in [-0.2, -0.15) is 5.26 Å². The van der Waals surface area contributed by atoms with Gasteiger partial charge in [-0.25, -0.2) is 9.37 Å². The number of rotatable bonds is 1. The Balaban J connectivity index is 1.99. The van der Waals surface area contributed by atoms with Crippen LogP contribution in [0.1, 0.15) is 48.0 Å². The van der Waals surface area contributed by atoms with Gasteiger partial charge in [-0.1, -0.05) is 6.92 Å². The van der Waals surface area contributed by atoms with Gasteiger partial charge >= 0.3 is 0 Å². The van der Waals surface area contributed by atoms with Gasteiger partial charge in [-0.05, 0) is 37.6 Å². The summed E-state index contributed by atoms with van der Waals surface area (Å²) in [4.78, 5) is 17.5. The molecule has 0 spiro atoms. The van der Waals surface area contributed by atoms with Crippen molar-refractivity contribution in [3.63, 3.8) is 0 Å². The van der Waals surface area contributed by atoms with Gasteiger partial charge in [0.05, 0.1) is 5.56 Å². The average Bonchev–Trinajstić information content (AvgIpc) is 3.07. The third kappa shape index (κ3) is 3.46. The number of fused-ring (bicyclic) bond motifs is 5. The number of pyridine rings is 1. The molecule has 2 atom stereocenters. The molecular weight excluding hydrogens is 401 g/mol. The van der Waals surface area contributed by atoms with E-state index in [2.05, 4.69) is 16.2 Å². The summed E-state index contributed by atoms with van der Waals surface area (Å²) in [6, 6.07) is 7.65. The maximum Gasteiger partial charge on any atom is 0.242 e. The molecule has 3 aromatic rings. The fraction of sp³-hybridized carbons (Fsp3) is 0.273. The molecule has 0 fully saturated rings. The lowest BCUT2D eigenvalue weighted by Gasteiger charge is -2.23. The van der Waals surface area contributed by atoms with Crippen molar-refractivity contribution in [3.05, 3.63) is 53.1 Å². The molecule has 1 aliphatic heterocycles. The molecule has 31 heavy (non-hydrogen) atoms. The Bertz CT molecular complexity index is 1230. The number of nitrogens with zero attached hydrogens (tertiary/aromatic N) is 4. The molecule has 8 nitrogen and oxygen atoms in total. The maximum absolute atomic E-state index is 14.0. The second-order valence-corrected chi connectivity index (χ2v) is 7.24. The van der Waals surface area contributed by atoms with E-state index in [4.69, 9.17) is 15.2 Å². The number of nitrogen functional groups attached to an aromatic ring is 1. The SMILES string of the molecule is CCC1Oc2nn(C)c(C#N)c2-c2cnc(N)c(c2)O[C@H](C)c2cc(F)ccc2C1=O. The minimum absolute atomic E-state index is 0.119. The highest BCUT2D eigenvalue weighted by Gasteiger charge is 2.30. The van der Waals surface area contributed by atoms with Gasteiger partial charge < -0.3 is 15.2 Å². The Hall–Kier alpha value is -3.93. The Morgan fingerprint density at radius 1 is 1.32 bits per heavy atom. The van der Waals surface area contributed by atoms with Crippen LogP contribution in [0.3, 0.4) is 0 Å². The van der Waals surface area contributed by atoms with Gasteiger partial charge in [0.15, 0.2) is 17.7 Å². The largest absolute Gasteiger partial charge is 0.482 e. The summed E-state index contributed by atoms with van der Waals surface area (Å²) in [5, 5.41) is 14.0. The second kappa shape index (κ2) is 7.72. The fourth-order valence-electron chi connectivity index (χ4n) is 3.64. The van der Waals surface area contributed by atoms with Crippen LogP contribution in [0, 0.1) is 17.1 Å². The van der Waals surface area contributed by atoms with Crippen LogP contribution in [0.2, 0.25) is 0 Å². The molecule has 0 amide bonds. The van der Waals surface area contributed by atoms with Crippen molar-refractivity contribution in [1.82, 2.24) is 14.8 Å². The molecule has 0 radical (unpaired) electrons. The van der Waals surface area contributed by atoms with Crippen LogP contribution in [0.4, 0.5) is 10.2 Å². The first-order chi connectivity index (χ1) is 14.8. The molecule has 2 bridgehead atoms. The molecule has 0 aliphatic carbocycles. The predicted octanol–water partition coefficient (Wildman–Crippen LogP) is 3.57. The molecule has 2 aromatic heterocycles. The van der Waals surface area contributed by atoms with Crippen LogP contribution >= 0.6 is 0 Å². The molecule has 1 aromatic carbocycles. The molecule has 3 heterocycles. The Kier molecular flexibility index (Phi) is 5.07. The summed E-state index contributed by atoms with van der Waals surface area (Å²) >= 11 is 0. The maximum atomic E-state index is 14.0. The number of hydrogen-bond donors (Lipinski definition) is 1. The van der Waals surface area contributed by atoms with E-state index >= 15 is 0 Å². The number of carbonyl (C=O) groups is 1. The van der Waals surface area contributed by atoms with Gasteiger partial charge in [-0.3, -0.25) is 9.48 Å². The van der Waals surface area contributed by atoms with Crippen molar-refractivity contribution in [2.24, 2.45) is 7.05 Å². The lowest BCUT2D eigenvalue weighted by molar-refractivity contribution is 0.0773. The van der Waals surface area contributed by atoms with E-state index in [1.54, 1.807) is 27.0 Å². The average molecular weight is 421 g/mol. The van der Waals surface area contributed by atoms with E-state index in [0.29, 0.717) is 23.1 Å². The van der Waals surface area contributed by atoms with Crippen molar-refractivity contribution in [1.29, 1.82) is 5.26 Å². The number of hydrogen-bond acceptors (Lipinski definition) is 7. The van der Waals surface area contributed by atoms with Crippen molar-refractivity contribution in [2.75, 3.05) is 5.73 Å². The molecule has 1 aliphatic rings. The fourth-order valence-corrected chi connectivity index (χ4v) is 3.64. The van der Waals surface area contributed by atoms with Crippen molar-refractivity contribution < 1.29 is 18.7 Å². The van der Waals surface area contributed by atoms with Crippen LogP contribution in [-0.4, -0.2) is 26.7 Å². The summed E-state index contributed by atoms with van der Waals surface area (Å²) < 4.78 is 27.4. The summed E-state index contributed by atoms with van der Waals surface area (Å²) in [6.07, 6.45) is 0.236. The minimum Gasteiger partial charge on any atom is -0.482 e. The number of nitriles is 1. The molecule has 9 heteroatoms. The van der Waals surface area contributed by atoms with Crippen molar-refractivity contribution >= 4 is 11.6 Å². The third-order valence-electron chi connectivity index (χ3n) is 5.23. The Morgan fingerprint density at radius 3 is 2.81 bits per heavy atom. The summed E-state index contributed by atoms with van der Waals surface area (Å²) in [7, 11) is 1.61. The van der Waals surface area contributed by atoms with E-state index in [1.165, 1.54) is 29.1 Å². The van der Waals surface area contributed by atoms with Crippen LogP contribution in [0.5, 0.6) is 11.6 Å². The zero-order valence-corrected chi connectivity index (χ0v) is 17.2. The van der Waals surface area contributed by atoms with Gasteiger partial charge in [0.1, 0.15) is 23.7 Å². The first-order valence-corrected chi connectivity index (χ1v) is 9.74. The summed E-state index contributed by atoms with van der Waals surface area (Å²) in [6.45, 7) is 3.50. The highest BCUT2D eigenvalue weighted by atomic mass is 19.1. The van der Waals surface area contributed by atoms with Gasteiger partial charge in [0.25, 0.3) is 0 Å². The number of aromatic nitrogens is 3. The van der Waals surface area contributed by atoms with E-state index in [9.17, 15) is 14.4 Å². The van der Waals surface area contributed by atoms with Gasteiger partial charge in [0, 0.05) is 29.9 Å². The number of aryl methyl sites for hydroxylation is 1. The molecule has 4 rings (SSSR count). The predicted molar refractivity (Wildman–Crippen MR) is 110 cm³/mol. The molecule has 1 unspecified atom stereocenters. The number of nitrogens with two attached hydrogens (primary N) is 1. The highest BCUT2D eigenvalue weighted by molar-refractivity contribution is 6.01. The van der Waals surface area contributed by atoms with Crippen LogP contribution < -0.4 is 15.2 Å². The number of ketones is 1. The van der Waals surface area contributed by atoms with Crippen molar-refractivity contribution in [2.45, 2.75) is 32.5 Å². The zero-order valence-electron chi connectivity index (χ0n) is 17.2. The molecule has 2 N–H and O–H groups in total. The first-order valence-electron chi connectivity index (χ1n) is 9.74. The van der Waals surface area contributed by atoms with Gasteiger partial charge in [-0.15, -0.1) is 5.10 Å². The van der Waals surface area contributed by atoms with E-state index < -0.39 is 18.0 Å². The number of halogens is 1. The topological polar surface area (TPSA) is 116 Å². The Labute approximate surface area is 178 Å². The first kappa shape index (κ1) is 20.3. The van der Waals surface area contributed by atoms with E-state index in [-0.39, 0.29) is 34.5 Å². The standard InChI is InChI=1S/C22H20FN5O3/c1-4-17-20(29)14-6-5-13(23)8-15(14)11(2)30-18-7-12(10-26-21(18)25)19-16(9-24)28(3)27-22(19)31-17/h5-8,10-11,17H,4H2,1-3H3,(H2,25,26)/t11-,17?/m1/s1. The number of Topliss-reactive ketones (excluding diaryl/α,β-unsaturated/α-hetero) is 1. The zero-order chi connectivity index (χ0) is 22.3. The highest BCUT2D eigenvalue weighted by Crippen LogP contribution is 2.38. The number of anilines is 1. The lowest BCUT2D eigenvalue weighted by Crippen LogP contribution is -2.29. The molecular formula is C22H20FN5O3. The molecule has 0 saturated carbocycles. The quantitative estimate of drug-likeness (QED) is 0.638. The van der Waals surface area contributed by atoms with Crippen LogP contribution in [0.15, 0.2) is 30.5 Å². The van der Waals surface area contributed by atoms with Gasteiger partial charge in [0.2, 0.25) is 11.7 Å². The number of benzene rings is 1. The monoisotopic (exact) mass is 421 g/mol. The van der Waals surface area contributed by atoms with E-state index in [0.717, 1.165) is 0 Å². The molecule has 158 valence electrons. The van der Waals surface area contributed by atoms with Crippen molar-refractivity contribution in [3.8, 4) is 28.8 Å². The summed E-state index contributed by atoms with van der Waals surface area (Å²) in [5.74, 6) is -0.353. The number of carbonyl (C=O) groups excluding carboxylic acids is 1. The lowest BCUT2D eigenvalue weighted by atomic mass is 9.95. The second-order valence-electron chi connectivity index (χ2n) is 7.24.